The van der Waals surface area contributed by atoms with Crippen LogP contribution in [-0.4, -0.2) is 35.8 Å². The van der Waals surface area contributed by atoms with Crippen LogP contribution in [0.5, 0.6) is 0 Å². The van der Waals surface area contributed by atoms with Crippen molar-refractivity contribution in [1.82, 2.24) is 4.98 Å². The van der Waals surface area contributed by atoms with Crippen molar-refractivity contribution in [3.63, 3.8) is 0 Å². The van der Waals surface area contributed by atoms with Gasteiger partial charge >= 0.3 is 11.9 Å². The number of carbonyl (C=O) groups excluding carboxylic acids is 2. The molecule has 7 heteroatoms. The van der Waals surface area contributed by atoms with E-state index < -0.39 is 23.8 Å². The highest BCUT2D eigenvalue weighted by Gasteiger charge is 2.43. The van der Waals surface area contributed by atoms with E-state index >= 15 is 0 Å². The lowest BCUT2D eigenvalue weighted by molar-refractivity contribution is -0.146. The Labute approximate surface area is 247 Å². The summed E-state index contributed by atoms with van der Waals surface area (Å²) < 4.78 is 10.9. The molecule has 216 valence electrons. The number of allylic oxidation sites excluding steroid dienone is 1. The van der Waals surface area contributed by atoms with E-state index in [2.05, 4.69) is 57.1 Å². The molecule has 2 aromatic carbocycles. The minimum absolute atomic E-state index is 0.0550. The molecule has 6 nitrogen and oxygen atoms in total. The van der Waals surface area contributed by atoms with Gasteiger partial charge in [0, 0.05) is 33.8 Å². The molecule has 0 fully saturated rings. The predicted octanol–water partition coefficient (Wildman–Crippen LogP) is 7.97. The van der Waals surface area contributed by atoms with E-state index in [1.165, 1.54) is 16.7 Å². The minimum atomic E-state index is -0.756. The van der Waals surface area contributed by atoms with Gasteiger partial charge in [-0.05, 0) is 69.2 Å². The molecule has 1 aliphatic heterocycles. The van der Waals surface area contributed by atoms with Crippen molar-refractivity contribution in [1.29, 1.82) is 0 Å². The standard InChI is InChI=1S/C34H40N2O4S/c1-10-39-32(37)28-21(5)35-22(6)29(33(38)40-11-2)30(28)24-14-12-13-15-25(24)31-36-26(18-41-31)27-19(3)16-23(17-20(27)4)34(7,8)9/h12-18,28,30H,10-11H2,1-9H3. The Bertz CT molecular complexity index is 1520. The number of ether oxygens (including phenoxy) is 2. The van der Waals surface area contributed by atoms with Gasteiger partial charge in [-0.15, -0.1) is 11.3 Å². The second kappa shape index (κ2) is 12.1. The lowest BCUT2D eigenvalue weighted by Crippen LogP contribution is -2.36. The zero-order chi connectivity index (χ0) is 30.1. The van der Waals surface area contributed by atoms with E-state index in [4.69, 9.17) is 14.5 Å². The Kier molecular flexibility index (Phi) is 8.97. The number of aromatic nitrogens is 1. The Morgan fingerprint density at radius 2 is 1.59 bits per heavy atom. The van der Waals surface area contributed by atoms with Crippen LogP contribution >= 0.6 is 11.3 Å². The van der Waals surface area contributed by atoms with Crippen LogP contribution in [0.1, 0.15) is 76.6 Å². The maximum absolute atomic E-state index is 13.3. The molecule has 1 aliphatic rings. The summed E-state index contributed by atoms with van der Waals surface area (Å²) in [6.45, 7) is 18.6. The quantitative estimate of drug-likeness (QED) is 0.268. The van der Waals surface area contributed by atoms with Gasteiger partial charge in [0.15, 0.2) is 0 Å². The van der Waals surface area contributed by atoms with Crippen LogP contribution < -0.4 is 0 Å². The molecule has 0 saturated carbocycles. The average Bonchev–Trinajstić information content (AvgIpc) is 3.37. The first-order valence-electron chi connectivity index (χ1n) is 14.2. The summed E-state index contributed by atoms with van der Waals surface area (Å²) in [5, 5.41) is 2.90. The van der Waals surface area contributed by atoms with Crippen molar-refractivity contribution >= 4 is 29.0 Å². The van der Waals surface area contributed by atoms with Gasteiger partial charge in [-0.25, -0.2) is 9.78 Å². The molecule has 0 radical (unpaired) electrons. The van der Waals surface area contributed by atoms with Crippen molar-refractivity contribution in [3.05, 3.63) is 75.3 Å². The first-order valence-corrected chi connectivity index (χ1v) is 15.0. The topological polar surface area (TPSA) is 77.8 Å². The molecule has 2 heterocycles. The SMILES string of the molecule is CCOC(=O)C1=C(C)N=C(C)C(C(=O)OCC)C1c1ccccc1-c1nc(-c2c(C)cc(C(C)(C)C)cc2C)cs1. The molecule has 41 heavy (non-hydrogen) atoms. The van der Waals surface area contributed by atoms with E-state index in [9.17, 15) is 9.59 Å². The van der Waals surface area contributed by atoms with Gasteiger partial charge < -0.3 is 9.47 Å². The molecule has 0 amide bonds. The number of aryl methyl sites for hydroxylation is 2. The average molecular weight is 573 g/mol. The van der Waals surface area contributed by atoms with Crippen molar-refractivity contribution in [2.45, 2.75) is 73.6 Å². The van der Waals surface area contributed by atoms with Crippen molar-refractivity contribution in [2.24, 2.45) is 10.9 Å². The monoisotopic (exact) mass is 572 g/mol. The Morgan fingerprint density at radius 3 is 2.20 bits per heavy atom. The Balaban J connectivity index is 1.87. The zero-order valence-corrected chi connectivity index (χ0v) is 26.4. The molecule has 2 atom stereocenters. The number of thiazole rings is 1. The largest absolute Gasteiger partial charge is 0.465 e. The van der Waals surface area contributed by atoms with E-state index in [1.54, 1.807) is 32.1 Å². The lowest BCUT2D eigenvalue weighted by Gasteiger charge is -2.32. The smallest absolute Gasteiger partial charge is 0.336 e. The van der Waals surface area contributed by atoms with Crippen molar-refractivity contribution < 1.29 is 19.1 Å². The number of esters is 2. The first-order chi connectivity index (χ1) is 19.4. The van der Waals surface area contributed by atoms with E-state index in [0.29, 0.717) is 17.0 Å². The summed E-state index contributed by atoms with van der Waals surface area (Å²) in [6, 6.07) is 12.4. The summed E-state index contributed by atoms with van der Waals surface area (Å²) >= 11 is 1.55. The first kappa shape index (κ1) is 30.4. The van der Waals surface area contributed by atoms with E-state index in [-0.39, 0.29) is 18.6 Å². The summed E-state index contributed by atoms with van der Waals surface area (Å²) in [5.74, 6) is -2.26. The van der Waals surface area contributed by atoms with Crippen LogP contribution in [0.3, 0.4) is 0 Å². The van der Waals surface area contributed by atoms with Gasteiger partial charge in [0.2, 0.25) is 0 Å². The molecule has 0 bridgehead atoms. The fourth-order valence-electron chi connectivity index (χ4n) is 5.66. The third-order valence-electron chi connectivity index (χ3n) is 7.55. The number of rotatable bonds is 7. The van der Waals surface area contributed by atoms with E-state index in [0.717, 1.165) is 27.4 Å². The Morgan fingerprint density at radius 1 is 0.951 bits per heavy atom. The molecule has 0 spiro atoms. The van der Waals surface area contributed by atoms with E-state index in [1.807, 2.05) is 31.2 Å². The molecule has 0 aliphatic carbocycles. The third-order valence-corrected chi connectivity index (χ3v) is 8.43. The highest BCUT2D eigenvalue weighted by Crippen LogP contribution is 2.45. The molecule has 4 rings (SSSR count). The zero-order valence-electron chi connectivity index (χ0n) is 25.5. The van der Waals surface area contributed by atoms with Gasteiger partial charge in [-0.2, -0.15) is 0 Å². The Hall–Kier alpha value is -3.58. The van der Waals surface area contributed by atoms with Crippen molar-refractivity contribution in [2.75, 3.05) is 13.2 Å². The fraction of sp³-hybridized carbons (Fsp3) is 0.412. The normalized spacial score (nSPS) is 17.3. The van der Waals surface area contributed by atoms with Gasteiger partial charge in [0.1, 0.15) is 10.9 Å². The van der Waals surface area contributed by atoms with Gasteiger partial charge in [0.25, 0.3) is 0 Å². The molecule has 3 aromatic rings. The summed E-state index contributed by atoms with van der Waals surface area (Å²) in [7, 11) is 0. The molecule has 2 unspecified atom stereocenters. The van der Waals surface area contributed by atoms with Crippen molar-refractivity contribution in [3.8, 4) is 21.8 Å². The van der Waals surface area contributed by atoms with Gasteiger partial charge in [0.05, 0.1) is 24.5 Å². The van der Waals surface area contributed by atoms with Gasteiger partial charge in [-0.3, -0.25) is 9.79 Å². The van der Waals surface area contributed by atoms with Crippen LogP contribution in [-0.2, 0) is 24.5 Å². The van der Waals surface area contributed by atoms with Crippen LogP contribution in [0.25, 0.3) is 21.8 Å². The second-order valence-electron chi connectivity index (χ2n) is 11.5. The lowest BCUT2D eigenvalue weighted by atomic mass is 9.74. The van der Waals surface area contributed by atoms with Gasteiger partial charge in [-0.1, -0.05) is 57.2 Å². The molecular formula is C34H40N2O4S. The highest BCUT2D eigenvalue weighted by atomic mass is 32.1. The number of hydrogen-bond donors (Lipinski definition) is 0. The highest BCUT2D eigenvalue weighted by molar-refractivity contribution is 7.13. The van der Waals surface area contributed by atoms with Crippen LogP contribution in [0, 0.1) is 19.8 Å². The summed E-state index contributed by atoms with van der Waals surface area (Å²) in [4.78, 5) is 36.4. The number of aliphatic imine (C=N–C) groups is 1. The molecule has 0 saturated heterocycles. The number of hydrogen-bond acceptors (Lipinski definition) is 7. The molecular weight excluding hydrogens is 532 g/mol. The third kappa shape index (κ3) is 6.05. The maximum Gasteiger partial charge on any atom is 0.336 e. The summed E-state index contributed by atoms with van der Waals surface area (Å²) in [5.41, 5.74) is 8.99. The molecule has 0 N–H and O–H groups in total. The predicted molar refractivity (Wildman–Crippen MR) is 166 cm³/mol. The molecule has 1 aromatic heterocycles. The summed E-state index contributed by atoms with van der Waals surface area (Å²) in [6.07, 6.45) is 0. The van der Waals surface area contributed by atoms with Crippen LogP contribution in [0.15, 0.2) is 58.0 Å². The van der Waals surface area contributed by atoms with Crippen LogP contribution in [0.4, 0.5) is 0 Å². The number of nitrogens with zero attached hydrogens (tertiary/aromatic N) is 2. The fourth-order valence-corrected chi connectivity index (χ4v) is 6.52. The van der Waals surface area contributed by atoms with Crippen LogP contribution in [0.2, 0.25) is 0 Å². The maximum atomic E-state index is 13.3. The number of benzene rings is 2. The minimum Gasteiger partial charge on any atom is -0.465 e. The second-order valence-corrected chi connectivity index (χ2v) is 12.4. The number of carbonyl (C=O) groups is 2.